The third kappa shape index (κ3) is 5.66. The maximum Gasteiger partial charge on any atom is 0.155 e. The largest absolute Gasteiger partial charge is 0.456 e. The van der Waals surface area contributed by atoms with Crippen molar-refractivity contribution >= 4 is 55.0 Å². The summed E-state index contributed by atoms with van der Waals surface area (Å²) in [5, 5.41) is 7.39. The zero-order valence-electron chi connectivity index (χ0n) is 31.6. The Morgan fingerprint density at radius 3 is 1.51 bits per heavy atom. The van der Waals surface area contributed by atoms with E-state index in [1.807, 2.05) is 0 Å². The first-order chi connectivity index (χ1) is 28.2. The highest BCUT2D eigenvalue weighted by Gasteiger charge is 2.31. The van der Waals surface area contributed by atoms with Gasteiger partial charge in [-0.15, -0.1) is 0 Å². The molecule has 0 fully saturated rings. The van der Waals surface area contributed by atoms with E-state index in [1.54, 1.807) is 0 Å². The summed E-state index contributed by atoms with van der Waals surface area (Å²) in [4.78, 5) is 10.7. The highest BCUT2D eigenvalue weighted by Crippen LogP contribution is 2.44. The molecule has 0 saturated carbocycles. The molecule has 0 aliphatic carbocycles. The van der Waals surface area contributed by atoms with E-state index in [-0.39, 0.29) is 12.0 Å². The fourth-order valence-corrected chi connectivity index (χ4v) is 9.09. The molecule has 2 atom stereocenters. The van der Waals surface area contributed by atoms with Crippen molar-refractivity contribution in [1.82, 2.24) is 0 Å². The normalized spacial score (nSPS) is 15.7. The van der Waals surface area contributed by atoms with Crippen LogP contribution in [0.3, 0.4) is 0 Å². The van der Waals surface area contributed by atoms with Crippen LogP contribution < -0.4 is 0 Å². The molecule has 0 saturated heterocycles. The number of amidine groups is 1. The topological polar surface area (TPSA) is 37.9 Å². The highest BCUT2D eigenvalue weighted by atomic mass is 16.3. The number of furan rings is 1. The molecule has 0 spiro atoms. The number of rotatable bonds is 7. The summed E-state index contributed by atoms with van der Waals surface area (Å²) in [5.41, 5.74) is 13.4. The number of hydrogen-bond donors (Lipinski definition) is 0. The summed E-state index contributed by atoms with van der Waals surface area (Å²) in [6.07, 6.45) is 0.948. The second kappa shape index (κ2) is 13.6. The van der Waals surface area contributed by atoms with Crippen molar-refractivity contribution in [3.8, 4) is 33.4 Å². The van der Waals surface area contributed by atoms with Gasteiger partial charge in [-0.2, -0.15) is 0 Å². The number of hydrogen-bond acceptors (Lipinski definition) is 3. The van der Waals surface area contributed by atoms with Gasteiger partial charge in [0.05, 0.1) is 11.8 Å². The minimum atomic E-state index is -0.0144. The molecule has 0 N–H and O–H groups in total. The van der Waals surface area contributed by atoms with Gasteiger partial charge in [-0.05, 0) is 109 Å². The molecule has 11 rings (SSSR count). The lowest BCUT2D eigenvalue weighted by atomic mass is 9.83. The van der Waals surface area contributed by atoms with Crippen LogP contribution in [0.4, 0.5) is 0 Å². The highest BCUT2D eigenvalue weighted by molar-refractivity contribution is 6.33. The van der Waals surface area contributed by atoms with E-state index in [4.69, 9.17) is 14.4 Å². The van der Waals surface area contributed by atoms with E-state index < -0.39 is 0 Å². The maximum atomic E-state index is 6.28. The fourth-order valence-electron chi connectivity index (χ4n) is 9.09. The van der Waals surface area contributed by atoms with E-state index in [2.05, 4.69) is 195 Å². The molecule has 9 aromatic carbocycles. The van der Waals surface area contributed by atoms with E-state index in [9.17, 15) is 0 Å². The number of fused-ring (bicyclic) bond motifs is 3. The Bertz CT molecular complexity index is 3170. The molecule has 0 radical (unpaired) electrons. The second-order valence-corrected chi connectivity index (χ2v) is 15.1. The monoisotopic (exact) mass is 730 g/mol. The SMILES string of the molecule is CCC1C(c2ccccc2)=NC(c2cccc(-c3cccc(-c4cccc(-c5ccc6c(c5)c5cccc7oc8cccc6c8c75)c4)c3)c2)=NC1c1ccccc1. The van der Waals surface area contributed by atoms with E-state index >= 15 is 0 Å². The Morgan fingerprint density at radius 2 is 0.912 bits per heavy atom. The van der Waals surface area contributed by atoms with Gasteiger partial charge in [-0.1, -0.05) is 159 Å². The molecule has 1 aliphatic rings. The Morgan fingerprint density at radius 1 is 0.421 bits per heavy atom. The summed E-state index contributed by atoms with van der Waals surface area (Å²) in [5.74, 6) is 0.962. The lowest BCUT2D eigenvalue weighted by molar-refractivity contribution is 0.532. The summed E-state index contributed by atoms with van der Waals surface area (Å²) in [6, 6.07) is 67.4. The van der Waals surface area contributed by atoms with Gasteiger partial charge in [0, 0.05) is 22.3 Å². The molecule has 1 aromatic heterocycles. The van der Waals surface area contributed by atoms with Crippen molar-refractivity contribution in [1.29, 1.82) is 0 Å². The summed E-state index contributed by atoms with van der Waals surface area (Å²) in [6.45, 7) is 2.24. The first kappa shape index (κ1) is 33.3. The molecule has 0 amide bonds. The molecule has 10 aromatic rings. The lowest BCUT2D eigenvalue weighted by Gasteiger charge is -2.30. The zero-order chi connectivity index (χ0) is 37.9. The Kier molecular flexibility index (Phi) is 7.92. The summed E-state index contributed by atoms with van der Waals surface area (Å²) in [7, 11) is 0. The van der Waals surface area contributed by atoms with Crippen LogP contribution in [-0.4, -0.2) is 11.5 Å². The van der Waals surface area contributed by atoms with Gasteiger partial charge in [0.15, 0.2) is 5.84 Å². The van der Waals surface area contributed by atoms with Crippen LogP contribution in [0.5, 0.6) is 0 Å². The number of benzene rings is 9. The standard InChI is InChI=1S/C54H38N2O/c1-2-43-52(34-14-5-3-6-15-34)55-54(56-53(43)35-16-7-4-8-17-35)42-23-11-22-40(32-42)38-20-9-18-36(30-38)37-19-10-21-39(31-37)41-28-29-44-45-24-12-26-48-50(45)51-46(47(44)33-41)25-13-27-49(51)57-48/h3-33,43,52H,2H2,1H3. The third-order valence-corrected chi connectivity index (χ3v) is 11.8. The molecule has 0 bridgehead atoms. The number of aliphatic imine (C=N–C) groups is 2. The van der Waals surface area contributed by atoms with Crippen molar-refractivity contribution < 1.29 is 4.42 Å². The fraction of sp³-hybridized carbons (Fsp3) is 0.0741. The van der Waals surface area contributed by atoms with Gasteiger partial charge in [0.25, 0.3) is 0 Å². The van der Waals surface area contributed by atoms with E-state index in [1.165, 1.54) is 60.1 Å². The van der Waals surface area contributed by atoms with Crippen LogP contribution in [0.15, 0.2) is 202 Å². The van der Waals surface area contributed by atoms with Gasteiger partial charge >= 0.3 is 0 Å². The molecule has 2 unspecified atom stereocenters. The minimum Gasteiger partial charge on any atom is -0.456 e. The van der Waals surface area contributed by atoms with Crippen molar-refractivity contribution in [3.05, 3.63) is 205 Å². The van der Waals surface area contributed by atoms with Crippen LogP contribution >= 0.6 is 0 Å². The van der Waals surface area contributed by atoms with Gasteiger partial charge in [0.1, 0.15) is 11.2 Å². The predicted molar refractivity (Wildman–Crippen MR) is 239 cm³/mol. The molecule has 3 nitrogen and oxygen atoms in total. The Hall–Kier alpha value is -7.10. The average molecular weight is 731 g/mol. The van der Waals surface area contributed by atoms with Crippen molar-refractivity contribution in [2.24, 2.45) is 15.9 Å². The molecule has 1 aliphatic heterocycles. The summed E-state index contributed by atoms with van der Waals surface area (Å²) >= 11 is 0. The molecular formula is C54H38N2O. The molecule has 3 heteroatoms. The zero-order valence-corrected chi connectivity index (χ0v) is 31.6. The second-order valence-electron chi connectivity index (χ2n) is 15.1. The van der Waals surface area contributed by atoms with Gasteiger partial charge in [-0.25, -0.2) is 4.99 Å². The van der Waals surface area contributed by atoms with Crippen LogP contribution in [0, 0.1) is 5.92 Å². The van der Waals surface area contributed by atoms with Crippen LogP contribution in [-0.2, 0) is 0 Å². The van der Waals surface area contributed by atoms with Crippen LogP contribution in [0.1, 0.15) is 36.1 Å². The summed E-state index contributed by atoms with van der Waals surface area (Å²) < 4.78 is 6.28. The third-order valence-electron chi connectivity index (χ3n) is 11.8. The number of nitrogens with zero attached hydrogens (tertiary/aromatic N) is 2. The predicted octanol–water partition coefficient (Wildman–Crippen LogP) is 14.3. The van der Waals surface area contributed by atoms with Crippen molar-refractivity contribution in [3.63, 3.8) is 0 Å². The molecule has 57 heavy (non-hydrogen) atoms. The van der Waals surface area contributed by atoms with E-state index in [0.29, 0.717) is 0 Å². The molecule has 270 valence electrons. The average Bonchev–Trinajstić information content (AvgIpc) is 3.68. The van der Waals surface area contributed by atoms with E-state index in [0.717, 1.165) is 51.4 Å². The molecular weight excluding hydrogens is 693 g/mol. The van der Waals surface area contributed by atoms with Crippen molar-refractivity contribution in [2.75, 3.05) is 0 Å². The molecule has 2 heterocycles. The first-order valence-corrected chi connectivity index (χ1v) is 19.9. The quantitative estimate of drug-likeness (QED) is 0.150. The Balaban J connectivity index is 0.959. The van der Waals surface area contributed by atoms with Crippen LogP contribution in [0.25, 0.3) is 76.9 Å². The Labute approximate surface area is 331 Å². The van der Waals surface area contributed by atoms with Gasteiger partial charge < -0.3 is 4.42 Å². The van der Waals surface area contributed by atoms with Crippen LogP contribution in [0.2, 0.25) is 0 Å². The lowest BCUT2D eigenvalue weighted by Crippen LogP contribution is -2.28. The van der Waals surface area contributed by atoms with Crippen molar-refractivity contribution in [2.45, 2.75) is 19.4 Å². The maximum absolute atomic E-state index is 6.28. The van der Waals surface area contributed by atoms with Gasteiger partial charge in [-0.3, -0.25) is 4.99 Å². The smallest absolute Gasteiger partial charge is 0.155 e. The first-order valence-electron chi connectivity index (χ1n) is 19.9. The minimum absolute atomic E-state index is 0.0144. The van der Waals surface area contributed by atoms with Gasteiger partial charge in [0.2, 0.25) is 0 Å².